The molecule has 9 atom stereocenters. The summed E-state index contributed by atoms with van der Waals surface area (Å²) in [6.07, 6.45) is 24.8. The van der Waals surface area contributed by atoms with Crippen LogP contribution in [0.5, 0.6) is 0 Å². The predicted octanol–water partition coefficient (Wildman–Crippen LogP) is 8.03. The first-order valence-corrected chi connectivity index (χ1v) is 27.0. The smallest absolute Gasteiger partial charge is 0.462 e. The Morgan fingerprint density at radius 3 is 1.68 bits per heavy atom. The highest BCUT2D eigenvalue weighted by molar-refractivity contribution is 7.47. The number of allylic oxidation sites excluding steroid dienone is 9. The van der Waals surface area contributed by atoms with E-state index in [-0.39, 0.29) is 25.7 Å². The zero-order chi connectivity index (χ0) is 49.1. The van der Waals surface area contributed by atoms with E-state index < -0.39 is 89.6 Å². The van der Waals surface area contributed by atoms with Gasteiger partial charge in [-0.2, -0.15) is 0 Å². The van der Waals surface area contributed by atoms with E-state index in [1.165, 1.54) is 57.8 Å². The van der Waals surface area contributed by atoms with Crippen molar-refractivity contribution in [1.82, 2.24) is 0 Å². The molecule has 0 heterocycles. The maximum atomic E-state index is 13.0. The first-order valence-electron chi connectivity index (χ1n) is 23.9. The van der Waals surface area contributed by atoms with Gasteiger partial charge in [-0.3, -0.25) is 23.2 Å². The average molecular weight is 981 g/mol. The van der Waals surface area contributed by atoms with Crippen LogP contribution in [0, 0.1) is 0 Å². The summed E-state index contributed by atoms with van der Waals surface area (Å²) in [6, 6.07) is 0. The molecule has 1 fully saturated rings. The summed E-state index contributed by atoms with van der Waals surface area (Å²) in [5.74, 6) is -1.42. The van der Waals surface area contributed by atoms with Gasteiger partial charge in [-0.25, -0.2) is 9.13 Å². The lowest BCUT2D eigenvalue weighted by Gasteiger charge is -2.43. The lowest BCUT2D eigenvalue weighted by molar-refractivity contribution is -0.216. The maximum absolute atomic E-state index is 13.0. The molecule has 382 valence electrons. The predicted molar refractivity (Wildman–Crippen MR) is 252 cm³/mol. The summed E-state index contributed by atoms with van der Waals surface area (Å²) in [6.45, 7) is 2.90. The number of aliphatic hydroxyl groups is 5. The van der Waals surface area contributed by atoms with Gasteiger partial charge in [-0.05, 0) is 70.6 Å². The summed E-state index contributed by atoms with van der Waals surface area (Å²) in [5, 5.41) is 51.6. The van der Waals surface area contributed by atoms with Crippen LogP contribution in [-0.4, -0.2) is 114 Å². The van der Waals surface area contributed by atoms with Crippen molar-refractivity contribution in [3.63, 3.8) is 0 Å². The monoisotopic (exact) mass is 981 g/mol. The second-order valence-electron chi connectivity index (χ2n) is 16.7. The summed E-state index contributed by atoms with van der Waals surface area (Å²) in [5.41, 5.74) is 0. The van der Waals surface area contributed by atoms with E-state index in [4.69, 9.17) is 18.5 Å². The highest BCUT2D eigenvalue weighted by Crippen LogP contribution is 2.49. The van der Waals surface area contributed by atoms with E-state index in [1.54, 1.807) is 12.2 Å². The van der Waals surface area contributed by atoms with Crippen LogP contribution in [0.2, 0.25) is 0 Å². The van der Waals surface area contributed by atoms with Gasteiger partial charge in [0.15, 0.2) is 6.10 Å². The number of esters is 2. The van der Waals surface area contributed by atoms with Crippen LogP contribution < -0.4 is 0 Å². The molecule has 1 aliphatic carbocycles. The van der Waals surface area contributed by atoms with E-state index in [0.717, 1.165) is 57.8 Å². The molecule has 17 nitrogen and oxygen atoms in total. The Bertz CT molecular complexity index is 1530. The quantitative estimate of drug-likeness (QED) is 0.00951. The molecule has 19 heteroatoms. The maximum Gasteiger partial charge on any atom is 0.472 e. The number of hydrogen-bond acceptors (Lipinski definition) is 14. The fourth-order valence-corrected chi connectivity index (χ4v) is 8.43. The van der Waals surface area contributed by atoms with Crippen LogP contribution in [0.15, 0.2) is 60.8 Å². The molecule has 5 unspecified atom stereocenters. The number of unbranched alkanes of at least 4 members (excludes halogenated alkanes) is 14. The SMILES string of the molecule is CCCCC/C=C\C/C=C\C/C=C\C=C\[C@H](O)CCCC(=O)O[C@H](COC(=O)CCCCCCC/C=C\CCCCCCCC)COP(=O)(O)O[C@H]1C(O)C(O)C(O)[C@@H](OP(=O)(O)O)C1O. The van der Waals surface area contributed by atoms with Crippen LogP contribution in [0.25, 0.3) is 0 Å². The third kappa shape index (κ3) is 31.7. The number of aliphatic hydroxyl groups excluding tert-OH is 5. The van der Waals surface area contributed by atoms with Crippen LogP contribution in [0.4, 0.5) is 0 Å². The van der Waals surface area contributed by atoms with E-state index in [1.807, 2.05) is 12.2 Å². The molecule has 0 radical (unpaired) electrons. The second-order valence-corrected chi connectivity index (χ2v) is 19.3. The van der Waals surface area contributed by atoms with Gasteiger partial charge >= 0.3 is 27.6 Å². The number of carbonyl (C=O) groups excluding carboxylic acids is 2. The molecular formula is C47H82O17P2. The molecule has 0 spiro atoms. The van der Waals surface area contributed by atoms with Gasteiger partial charge in [-0.15, -0.1) is 0 Å². The van der Waals surface area contributed by atoms with Crippen molar-refractivity contribution in [2.75, 3.05) is 13.2 Å². The zero-order valence-corrected chi connectivity index (χ0v) is 41.0. The van der Waals surface area contributed by atoms with Crippen LogP contribution in [-0.2, 0) is 41.8 Å². The van der Waals surface area contributed by atoms with E-state index in [2.05, 4.69) is 54.8 Å². The Labute approximate surface area is 392 Å². The van der Waals surface area contributed by atoms with Crippen molar-refractivity contribution in [3.8, 4) is 0 Å². The standard InChI is InChI=1S/C47H82O17P2/c1-3-5-7-9-11-13-15-17-18-20-22-24-26-28-30-34-40(49)60-36-39(37-61-66(58,59)64-47-44(53)42(51)43(52)46(45(47)54)63-65(55,56)57)62-41(50)35-31-33-38(48)32-29-27-25-23-21-19-16-14-12-10-8-6-4-2/h12,14,17-19,21,25,27,29,32,38-39,42-48,51-54H,3-11,13,15-16,20,22-24,26,28,30-31,33-37H2,1-2H3,(H,58,59)(H2,55,56,57)/b14-12-,18-17-,21-19-,27-25-,32-29+/t38-,39+,42?,43?,44?,45?,46+,47-/m0/s1. The largest absolute Gasteiger partial charge is 0.472 e. The summed E-state index contributed by atoms with van der Waals surface area (Å²) in [4.78, 5) is 54.3. The Morgan fingerprint density at radius 2 is 1.06 bits per heavy atom. The third-order valence-electron chi connectivity index (χ3n) is 10.7. The van der Waals surface area contributed by atoms with Crippen LogP contribution in [0.3, 0.4) is 0 Å². The van der Waals surface area contributed by atoms with E-state index >= 15 is 0 Å². The normalized spacial score (nSPS) is 22.5. The number of hydrogen-bond donors (Lipinski definition) is 8. The number of phosphoric acid groups is 2. The summed E-state index contributed by atoms with van der Waals surface area (Å²) >= 11 is 0. The van der Waals surface area contributed by atoms with Gasteiger partial charge in [0.25, 0.3) is 0 Å². The minimum absolute atomic E-state index is 0.0684. The van der Waals surface area contributed by atoms with Gasteiger partial charge in [0.2, 0.25) is 0 Å². The van der Waals surface area contributed by atoms with Gasteiger partial charge < -0.3 is 49.7 Å². The lowest BCUT2D eigenvalue weighted by atomic mass is 9.85. The fraction of sp³-hybridized carbons (Fsp3) is 0.745. The third-order valence-corrected chi connectivity index (χ3v) is 12.2. The lowest BCUT2D eigenvalue weighted by Crippen LogP contribution is -2.64. The van der Waals surface area contributed by atoms with Gasteiger partial charge in [-0.1, -0.05) is 139 Å². The molecule has 0 amide bonds. The fourth-order valence-electron chi connectivity index (χ4n) is 6.89. The molecule has 1 rings (SSSR count). The van der Waals surface area contributed by atoms with Crippen molar-refractivity contribution < 1.29 is 82.0 Å². The van der Waals surface area contributed by atoms with Crippen molar-refractivity contribution in [2.24, 2.45) is 0 Å². The Morgan fingerprint density at radius 1 is 0.561 bits per heavy atom. The topological polar surface area (TPSA) is 276 Å². The Kier molecular flexibility index (Phi) is 35.1. The van der Waals surface area contributed by atoms with Crippen LogP contribution >= 0.6 is 15.6 Å². The van der Waals surface area contributed by atoms with Gasteiger partial charge in [0, 0.05) is 12.8 Å². The first-order chi connectivity index (χ1) is 31.5. The Balaban J connectivity index is 2.69. The first kappa shape index (κ1) is 61.7. The van der Waals surface area contributed by atoms with Gasteiger partial charge in [0.05, 0.1) is 12.7 Å². The number of ether oxygens (including phenoxy) is 2. The molecule has 0 aromatic rings. The molecule has 8 N–H and O–H groups in total. The van der Waals surface area contributed by atoms with Crippen molar-refractivity contribution in [3.05, 3.63) is 60.8 Å². The highest BCUT2D eigenvalue weighted by atomic mass is 31.2. The van der Waals surface area contributed by atoms with Crippen molar-refractivity contribution in [2.45, 2.75) is 210 Å². The minimum atomic E-state index is -5.39. The molecule has 0 aromatic heterocycles. The number of rotatable bonds is 39. The van der Waals surface area contributed by atoms with E-state index in [9.17, 15) is 58.9 Å². The van der Waals surface area contributed by atoms with Crippen molar-refractivity contribution in [1.29, 1.82) is 0 Å². The minimum Gasteiger partial charge on any atom is -0.462 e. The van der Waals surface area contributed by atoms with Gasteiger partial charge in [0.1, 0.15) is 43.2 Å². The molecule has 0 aliphatic heterocycles. The number of phosphoric ester groups is 2. The van der Waals surface area contributed by atoms with Crippen LogP contribution in [0.1, 0.15) is 162 Å². The second kappa shape index (κ2) is 37.5. The zero-order valence-electron chi connectivity index (χ0n) is 39.2. The average Bonchev–Trinajstić information content (AvgIpc) is 3.26. The molecule has 1 aliphatic rings. The number of carbonyl (C=O) groups is 2. The summed E-state index contributed by atoms with van der Waals surface area (Å²) in [7, 11) is -10.8. The highest BCUT2D eigenvalue weighted by Gasteiger charge is 2.54. The summed E-state index contributed by atoms with van der Waals surface area (Å²) < 4.78 is 49.2. The van der Waals surface area contributed by atoms with E-state index in [0.29, 0.717) is 6.42 Å². The molecular weight excluding hydrogens is 898 g/mol. The molecule has 0 aromatic carbocycles. The Hall–Kier alpha value is -2.34. The molecule has 0 bridgehead atoms. The molecule has 66 heavy (non-hydrogen) atoms. The molecule has 1 saturated carbocycles. The molecule has 0 saturated heterocycles. The van der Waals surface area contributed by atoms with Crippen molar-refractivity contribution >= 4 is 27.6 Å².